The van der Waals surface area contributed by atoms with E-state index in [0.717, 1.165) is 10.6 Å². The molecular weight excluding hydrogens is 422 g/mol. The lowest BCUT2D eigenvalue weighted by molar-refractivity contribution is 0.102. The predicted molar refractivity (Wildman–Crippen MR) is 118 cm³/mol. The number of carbonyl (C=O) groups excluding carboxylic acids is 1. The van der Waals surface area contributed by atoms with E-state index in [1.165, 1.54) is 11.3 Å². The normalized spacial score (nSPS) is 10.8. The largest absolute Gasteiger partial charge is 0.436 e. The van der Waals surface area contributed by atoms with Gasteiger partial charge in [-0.15, -0.1) is 11.3 Å². The van der Waals surface area contributed by atoms with Crippen LogP contribution in [0.15, 0.2) is 48.8 Å². The zero-order valence-corrected chi connectivity index (χ0v) is 18.1. The van der Waals surface area contributed by atoms with Crippen molar-refractivity contribution in [3.05, 3.63) is 70.1 Å². The van der Waals surface area contributed by atoms with Crippen LogP contribution in [0.5, 0.6) is 11.6 Å². The van der Waals surface area contributed by atoms with Gasteiger partial charge in [0.15, 0.2) is 0 Å². The zero-order valence-electron chi connectivity index (χ0n) is 16.5. The summed E-state index contributed by atoms with van der Waals surface area (Å²) in [4.78, 5) is 22.1. The van der Waals surface area contributed by atoms with Gasteiger partial charge in [-0.05, 0) is 38.1 Å². The third-order valence-electron chi connectivity index (χ3n) is 4.33. The van der Waals surface area contributed by atoms with Crippen LogP contribution in [-0.2, 0) is 7.05 Å². The molecule has 0 radical (unpaired) electrons. The zero-order chi connectivity index (χ0) is 21.3. The molecular formula is C21H18ClN5O2S. The molecule has 0 unspecified atom stereocenters. The van der Waals surface area contributed by atoms with Gasteiger partial charge >= 0.3 is 0 Å². The summed E-state index contributed by atoms with van der Waals surface area (Å²) in [5.41, 5.74) is 2.65. The summed E-state index contributed by atoms with van der Waals surface area (Å²) in [6, 6.07) is 11.0. The Morgan fingerprint density at radius 1 is 1.20 bits per heavy atom. The molecule has 3 aromatic heterocycles. The number of hydrogen-bond donors (Lipinski definition) is 1. The monoisotopic (exact) mass is 439 g/mol. The number of nitrogens with zero attached hydrogens (tertiary/aromatic N) is 4. The highest BCUT2D eigenvalue weighted by Crippen LogP contribution is 2.34. The summed E-state index contributed by atoms with van der Waals surface area (Å²) in [6.45, 7) is 3.62. The maximum absolute atomic E-state index is 13.0. The predicted octanol–water partition coefficient (Wildman–Crippen LogP) is 5.25. The van der Waals surface area contributed by atoms with Gasteiger partial charge in [0.05, 0.1) is 17.6 Å². The molecule has 7 nitrogen and oxygen atoms in total. The maximum Gasteiger partial charge on any atom is 0.267 e. The Morgan fingerprint density at radius 2 is 2.03 bits per heavy atom. The minimum absolute atomic E-state index is 0.273. The van der Waals surface area contributed by atoms with E-state index < -0.39 is 0 Å². The van der Waals surface area contributed by atoms with Gasteiger partial charge < -0.3 is 10.1 Å². The van der Waals surface area contributed by atoms with Crippen LogP contribution in [0.3, 0.4) is 0 Å². The Kier molecular flexibility index (Phi) is 5.52. The molecule has 4 aromatic rings. The van der Waals surface area contributed by atoms with Crippen LogP contribution in [-0.4, -0.2) is 25.7 Å². The minimum atomic E-state index is -0.273. The van der Waals surface area contributed by atoms with Crippen molar-refractivity contribution in [2.24, 2.45) is 7.05 Å². The fourth-order valence-electron chi connectivity index (χ4n) is 2.94. The van der Waals surface area contributed by atoms with E-state index in [4.69, 9.17) is 16.3 Å². The molecule has 1 amide bonds. The highest BCUT2D eigenvalue weighted by Gasteiger charge is 2.22. The first-order valence-corrected chi connectivity index (χ1v) is 10.3. The van der Waals surface area contributed by atoms with Gasteiger partial charge in [0, 0.05) is 23.8 Å². The molecule has 0 aliphatic carbocycles. The molecule has 0 aliphatic heterocycles. The quantitative estimate of drug-likeness (QED) is 0.459. The maximum atomic E-state index is 13.0. The number of benzene rings is 1. The van der Waals surface area contributed by atoms with Crippen molar-refractivity contribution in [3.63, 3.8) is 0 Å². The number of rotatable bonds is 5. The molecule has 1 aromatic carbocycles. The van der Waals surface area contributed by atoms with Crippen LogP contribution in [0.1, 0.15) is 21.1 Å². The van der Waals surface area contributed by atoms with Crippen molar-refractivity contribution in [3.8, 4) is 22.2 Å². The number of anilines is 1. The lowest BCUT2D eigenvalue weighted by Gasteiger charge is -2.09. The minimum Gasteiger partial charge on any atom is -0.436 e. The number of nitrogens with one attached hydrogen (secondary N) is 1. The summed E-state index contributed by atoms with van der Waals surface area (Å²) in [5, 5.41) is 8.65. The fourth-order valence-corrected chi connectivity index (χ4v) is 4.09. The summed E-state index contributed by atoms with van der Waals surface area (Å²) >= 11 is 7.40. The van der Waals surface area contributed by atoms with Crippen molar-refractivity contribution in [2.45, 2.75) is 13.8 Å². The van der Waals surface area contributed by atoms with Crippen LogP contribution in [0.4, 0.5) is 5.69 Å². The lowest BCUT2D eigenvalue weighted by atomic mass is 10.2. The topological polar surface area (TPSA) is 81.9 Å². The van der Waals surface area contributed by atoms with Crippen molar-refractivity contribution < 1.29 is 9.53 Å². The summed E-state index contributed by atoms with van der Waals surface area (Å²) < 4.78 is 7.49. The first kappa shape index (κ1) is 20.1. The highest BCUT2D eigenvalue weighted by atomic mass is 35.5. The molecule has 1 N–H and O–H groups in total. The molecule has 30 heavy (non-hydrogen) atoms. The van der Waals surface area contributed by atoms with Crippen LogP contribution >= 0.6 is 22.9 Å². The van der Waals surface area contributed by atoms with Crippen LogP contribution < -0.4 is 10.1 Å². The summed E-state index contributed by atoms with van der Waals surface area (Å²) in [5.74, 6) is 0.699. The highest BCUT2D eigenvalue weighted by molar-refractivity contribution is 7.17. The molecule has 0 atom stereocenters. The second-order valence-corrected chi connectivity index (χ2v) is 8.01. The molecule has 4 rings (SSSR count). The number of aromatic nitrogens is 4. The van der Waals surface area contributed by atoms with Gasteiger partial charge in [0.2, 0.25) is 5.88 Å². The first-order chi connectivity index (χ1) is 14.4. The van der Waals surface area contributed by atoms with Crippen LogP contribution in [0.2, 0.25) is 5.02 Å². The average molecular weight is 440 g/mol. The number of carbonyl (C=O) groups is 1. The number of amides is 1. The summed E-state index contributed by atoms with van der Waals surface area (Å²) in [6.07, 6.45) is 3.26. The van der Waals surface area contributed by atoms with Crippen molar-refractivity contribution in [2.75, 3.05) is 5.32 Å². The number of aryl methyl sites for hydroxylation is 3. The van der Waals surface area contributed by atoms with Crippen LogP contribution in [0.25, 0.3) is 10.6 Å². The lowest BCUT2D eigenvalue weighted by Crippen LogP contribution is -2.12. The Hall–Kier alpha value is -3.23. The molecule has 0 aliphatic rings. The number of hydrogen-bond acceptors (Lipinski definition) is 6. The smallest absolute Gasteiger partial charge is 0.267 e. The average Bonchev–Trinajstić information content (AvgIpc) is 3.23. The van der Waals surface area contributed by atoms with Crippen molar-refractivity contribution >= 4 is 34.5 Å². The van der Waals surface area contributed by atoms with E-state index in [0.29, 0.717) is 38.6 Å². The number of thiazole rings is 1. The third kappa shape index (κ3) is 4.05. The fraction of sp³-hybridized carbons (Fsp3) is 0.143. The summed E-state index contributed by atoms with van der Waals surface area (Å²) in [7, 11) is 1.75. The molecule has 0 saturated heterocycles. The van der Waals surface area contributed by atoms with E-state index in [1.807, 2.05) is 32.0 Å². The van der Waals surface area contributed by atoms with Gasteiger partial charge in [0.1, 0.15) is 21.3 Å². The van der Waals surface area contributed by atoms with Crippen molar-refractivity contribution in [1.29, 1.82) is 0 Å². The standard InChI is InChI=1S/C21H18ClN5O2S/c1-12-17(21(27(3)26-12)29-16-8-5-9-23-11-16)25-19(28)18-13(2)24-20(30-18)14-6-4-7-15(22)10-14/h4-11H,1-3H3,(H,25,28). The van der Waals surface area contributed by atoms with E-state index in [9.17, 15) is 4.79 Å². The third-order valence-corrected chi connectivity index (χ3v) is 5.77. The van der Waals surface area contributed by atoms with Gasteiger partial charge in [-0.2, -0.15) is 5.10 Å². The Labute approximate surface area is 182 Å². The molecule has 0 spiro atoms. The van der Waals surface area contributed by atoms with Crippen LogP contribution in [0, 0.1) is 13.8 Å². The van der Waals surface area contributed by atoms with E-state index >= 15 is 0 Å². The number of ether oxygens (including phenoxy) is 1. The molecule has 0 bridgehead atoms. The Bertz CT molecular complexity index is 1220. The van der Waals surface area contributed by atoms with Gasteiger partial charge in [-0.25, -0.2) is 9.67 Å². The molecule has 0 saturated carbocycles. The second kappa shape index (κ2) is 8.25. The number of halogens is 1. The SMILES string of the molecule is Cc1nc(-c2cccc(Cl)c2)sc1C(=O)Nc1c(C)nn(C)c1Oc1cccnc1. The number of pyridine rings is 1. The molecule has 0 fully saturated rings. The van der Waals surface area contributed by atoms with Gasteiger partial charge in [-0.1, -0.05) is 23.7 Å². The second-order valence-electron chi connectivity index (χ2n) is 6.58. The van der Waals surface area contributed by atoms with Gasteiger partial charge in [0.25, 0.3) is 5.91 Å². The van der Waals surface area contributed by atoms with E-state index in [2.05, 4.69) is 20.4 Å². The molecule has 152 valence electrons. The first-order valence-electron chi connectivity index (χ1n) is 9.08. The Balaban J connectivity index is 1.62. The Morgan fingerprint density at radius 3 is 2.77 bits per heavy atom. The molecule has 3 heterocycles. The molecule has 9 heteroatoms. The van der Waals surface area contributed by atoms with Gasteiger partial charge in [-0.3, -0.25) is 9.78 Å². The van der Waals surface area contributed by atoms with E-state index in [-0.39, 0.29) is 5.91 Å². The van der Waals surface area contributed by atoms with Crippen molar-refractivity contribution in [1.82, 2.24) is 19.7 Å². The van der Waals surface area contributed by atoms with E-state index in [1.54, 1.807) is 42.3 Å².